The van der Waals surface area contributed by atoms with Crippen molar-refractivity contribution in [2.24, 2.45) is 39.9 Å². The zero-order valence-electron chi connectivity index (χ0n) is 33.4. The normalized spacial score (nSPS) is 26.1. The molecular formula is C40H64N6O7. The molecule has 2 saturated heterocycles. The van der Waals surface area contributed by atoms with Gasteiger partial charge in [-0.1, -0.05) is 94.1 Å². The fraction of sp³-hybridized carbons (Fsp3) is 0.775. The number of carbonyl (C=O) groups is 7. The molecule has 0 aromatic heterocycles. The van der Waals surface area contributed by atoms with E-state index in [4.69, 9.17) is 0 Å². The van der Waals surface area contributed by atoms with E-state index in [1.54, 1.807) is 4.90 Å². The Hall–Kier alpha value is -3.77. The van der Waals surface area contributed by atoms with Crippen LogP contribution in [-0.2, 0) is 28.8 Å². The van der Waals surface area contributed by atoms with Crippen molar-refractivity contribution in [1.29, 1.82) is 0 Å². The first-order valence-corrected chi connectivity index (χ1v) is 19.5. The summed E-state index contributed by atoms with van der Waals surface area (Å²) in [6.45, 7) is 21.2. The third kappa shape index (κ3) is 10.1. The Kier molecular flexibility index (Phi) is 12.9. The van der Waals surface area contributed by atoms with E-state index in [-0.39, 0.29) is 61.4 Å². The summed E-state index contributed by atoms with van der Waals surface area (Å²) in [6, 6.07) is -4.17. The minimum absolute atomic E-state index is 0.000766. The Morgan fingerprint density at radius 3 is 2.04 bits per heavy atom. The van der Waals surface area contributed by atoms with Crippen molar-refractivity contribution >= 4 is 41.4 Å². The lowest BCUT2D eigenvalue weighted by molar-refractivity contribution is -0.153. The van der Waals surface area contributed by atoms with Gasteiger partial charge in [-0.15, -0.1) is 6.58 Å². The third-order valence-electron chi connectivity index (χ3n) is 12.0. The molecule has 0 aromatic rings. The fourth-order valence-electron chi connectivity index (χ4n) is 8.39. The number of nitrogens with zero attached hydrogens (tertiary/aromatic N) is 2. The number of piperidine rings is 1. The van der Waals surface area contributed by atoms with Gasteiger partial charge in [0.25, 0.3) is 5.91 Å². The summed E-state index contributed by atoms with van der Waals surface area (Å²) in [5.41, 5.74) is -1.75. The second kappa shape index (κ2) is 16.3. The first kappa shape index (κ1) is 42.0. The van der Waals surface area contributed by atoms with Gasteiger partial charge in [0.2, 0.25) is 29.4 Å². The minimum Gasteiger partial charge on any atom is -0.346 e. The third-order valence-corrected chi connectivity index (χ3v) is 12.0. The van der Waals surface area contributed by atoms with E-state index in [9.17, 15) is 33.6 Å². The van der Waals surface area contributed by atoms with Gasteiger partial charge >= 0.3 is 6.03 Å². The molecule has 2 unspecified atom stereocenters. The average molecular weight is 741 g/mol. The number of Topliss-reactive ketones (excluding diaryl/α,β-unsaturated/α-hetero) is 1. The Labute approximate surface area is 315 Å². The van der Waals surface area contributed by atoms with Crippen molar-refractivity contribution < 1.29 is 33.6 Å². The van der Waals surface area contributed by atoms with Crippen molar-refractivity contribution in [2.75, 3.05) is 19.6 Å². The van der Waals surface area contributed by atoms with Crippen LogP contribution >= 0.6 is 0 Å². The van der Waals surface area contributed by atoms with Gasteiger partial charge in [-0.25, -0.2) is 4.79 Å². The van der Waals surface area contributed by atoms with Crippen LogP contribution in [0.15, 0.2) is 12.7 Å². The first-order valence-electron chi connectivity index (χ1n) is 19.5. The lowest BCUT2D eigenvalue weighted by Crippen LogP contribution is -2.63. The Morgan fingerprint density at radius 1 is 0.887 bits per heavy atom. The van der Waals surface area contributed by atoms with E-state index in [2.05, 4.69) is 34.8 Å². The zero-order chi connectivity index (χ0) is 39.6. The van der Waals surface area contributed by atoms with E-state index >= 15 is 0 Å². The number of urea groups is 1. The van der Waals surface area contributed by atoms with Gasteiger partial charge in [-0.3, -0.25) is 33.7 Å². The standard InChI is InChI=1S/C40H64N6O7/c1-11-17-41-35(51)32(49)27(18-24-13-12-14-24)42-34(50)31-25-16-15-23(2)26(25)21-46(31)36(52)33(39(6,7)8)44-37(53)43-28(38(3,4)5)22-45-29(47)19-40(9,10)20-30(45)48/h11,23-28,31,33H,1,12-22H2,2-10H3,(H,41,51)(H,42,50)(H2,43,44,53)/t23?,25-,26+,27?,28+,31-,33+/m0/s1. The molecule has 4 fully saturated rings. The molecule has 4 N–H and O–H groups in total. The molecule has 2 aliphatic carbocycles. The number of imide groups is 1. The summed E-state index contributed by atoms with van der Waals surface area (Å²) in [6.07, 6.45) is 6.81. The van der Waals surface area contributed by atoms with Crippen LogP contribution in [0.1, 0.15) is 114 Å². The Bertz CT molecular complexity index is 1440. The van der Waals surface area contributed by atoms with Crippen LogP contribution in [0.2, 0.25) is 0 Å². The van der Waals surface area contributed by atoms with Crippen LogP contribution in [-0.4, -0.2) is 95.0 Å². The second-order valence-electron chi connectivity index (χ2n) is 19.0. The minimum atomic E-state index is -1.04. The lowest BCUT2D eigenvalue weighted by atomic mass is 9.80. The molecule has 53 heavy (non-hydrogen) atoms. The highest BCUT2D eigenvalue weighted by Gasteiger charge is 2.54. The predicted molar refractivity (Wildman–Crippen MR) is 201 cm³/mol. The zero-order valence-corrected chi connectivity index (χ0v) is 33.4. The summed E-state index contributed by atoms with van der Waals surface area (Å²) < 4.78 is 0. The van der Waals surface area contributed by atoms with E-state index in [1.807, 2.05) is 55.4 Å². The Morgan fingerprint density at radius 2 is 1.51 bits per heavy atom. The highest BCUT2D eigenvalue weighted by molar-refractivity contribution is 6.38. The fourth-order valence-corrected chi connectivity index (χ4v) is 8.39. The largest absolute Gasteiger partial charge is 0.346 e. The number of nitrogens with one attached hydrogen (secondary N) is 4. The molecular weight excluding hydrogens is 676 g/mol. The summed E-state index contributed by atoms with van der Waals surface area (Å²) >= 11 is 0. The summed E-state index contributed by atoms with van der Waals surface area (Å²) in [5.74, 6) is -2.49. The number of amides is 7. The molecule has 296 valence electrons. The van der Waals surface area contributed by atoms with Gasteiger partial charge in [-0.2, -0.15) is 0 Å². The van der Waals surface area contributed by atoms with Crippen LogP contribution in [0.25, 0.3) is 0 Å². The summed E-state index contributed by atoms with van der Waals surface area (Å²) in [4.78, 5) is 97.7. The lowest BCUT2D eigenvalue weighted by Gasteiger charge is -2.40. The van der Waals surface area contributed by atoms with Gasteiger partial charge < -0.3 is 26.2 Å². The van der Waals surface area contributed by atoms with Crippen LogP contribution < -0.4 is 21.3 Å². The molecule has 4 rings (SSSR count). The molecule has 13 heteroatoms. The predicted octanol–water partition coefficient (Wildman–Crippen LogP) is 3.71. The first-order chi connectivity index (χ1) is 24.5. The molecule has 0 radical (unpaired) electrons. The van der Waals surface area contributed by atoms with Crippen LogP contribution in [0, 0.1) is 39.9 Å². The van der Waals surface area contributed by atoms with Crippen LogP contribution in [0.5, 0.6) is 0 Å². The number of carbonyl (C=O) groups excluding carboxylic acids is 7. The van der Waals surface area contributed by atoms with E-state index in [0.29, 0.717) is 13.0 Å². The van der Waals surface area contributed by atoms with E-state index < -0.39 is 69.9 Å². The number of ketones is 1. The van der Waals surface area contributed by atoms with Gasteiger partial charge in [0.15, 0.2) is 0 Å². The maximum atomic E-state index is 14.7. The molecule has 7 atom stereocenters. The molecule has 2 heterocycles. The second-order valence-corrected chi connectivity index (χ2v) is 19.0. The van der Waals surface area contributed by atoms with Gasteiger partial charge in [0, 0.05) is 32.5 Å². The smallest absolute Gasteiger partial charge is 0.315 e. The number of likely N-dealkylation sites (tertiary alicyclic amines) is 2. The summed E-state index contributed by atoms with van der Waals surface area (Å²) in [7, 11) is 0. The molecule has 4 aliphatic rings. The maximum absolute atomic E-state index is 14.7. The van der Waals surface area contributed by atoms with Crippen LogP contribution in [0.4, 0.5) is 4.79 Å². The molecule has 13 nitrogen and oxygen atoms in total. The van der Waals surface area contributed by atoms with Crippen molar-refractivity contribution in [3.8, 4) is 0 Å². The quantitative estimate of drug-likeness (QED) is 0.127. The number of fused-ring (bicyclic) bond motifs is 1. The topological polar surface area (TPSA) is 174 Å². The number of hydrogen-bond acceptors (Lipinski definition) is 7. The highest BCUT2D eigenvalue weighted by atomic mass is 16.2. The molecule has 2 aliphatic heterocycles. The molecule has 7 amide bonds. The van der Waals surface area contributed by atoms with Gasteiger partial charge in [0.1, 0.15) is 12.1 Å². The molecule has 2 saturated carbocycles. The van der Waals surface area contributed by atoms with Crippen molar-refractivity contribution in [3.63, 3.8) is 0 Å². The number of rotatable bonds is 13. The monoisotopic (exact) mass is 740 g/mol. The van der Waals surface area contributed by atoms with Crippen molar-refractivity contribution in [2.45, 2.75) is 138 Å². The van der Waals surface area contributed by atoms with Gasteiger partial charge in [0.05, 0.1) is 12.1 Å². The highest BCUT2D eigenvalue weighted by Crippen LogP contribution is 2.46. The van der Waals surface area contributed by atoms with Crippen LogP contribution in [0.3, 0.4) is 0 Å². The SMILES string of the molecule is C=CCNC(=O)C(=O)C(CC1CCC1)NC(=O)[C@@H]1[C@H]2CCC(C)[C@H]2CN1C(=O)[C@@H](NC(=O)N[C@H](CN1C(=O)CC(C)(C)CC1=O)C(C)(C)C)C(C)(C)C. The molecule has 0 spiro atoms. The van der Waals surface area contributed by atoms with Gasteiger partial charge in [-0.05, 0) is 52.8 Å². The van der Waals surface area contributed by atoms with E-state index in [0.717, 1.165) is 32.1 Å². The average Bonchev–Trinajstić information content (AvgIpc) is 3.57. The molecule has 0 aromatic carbocycles. The van der Waals surface area contributed by atoms with E-state index in [1.165, 1.54) is 11.0 Å². The van der Waals surface area contributed by atoms with Crippen molar-refractivity contribution in [3.05, 3.63) is 12.7 Å². The van der Waals surface area contributed by atoms with Crippen molar-refractivity contribution in [1.82, 2.24) is 31.1 Å². The Balaban J connectivity index is 1.55. The summed E-state index contributed by atoms with van der Waals surface area (Å²) in [5, 5.41) is 11.3. The maximum Gasteiger partial charge on any atom is 0.315 e. The molecule has 0 bridgehead atoms. The number of hydrogen-bond donors (Lipinski definition) is 4.